The molecule has 0 unspecified atom stereocenters. The van der Waals surface area contributed by atoms with E-state index in [9.17, 15) is 4.79 Å². The Kier molecular flexibility index (Phi) is 6.42. The molecule has 0 heterocycles. The summed E-state index contributed by atoms with van der Waals surface area (Å²) in [5.74, 6) is 0. The SMILES string of the molecule is N#Cc1ccc(C(=O)Cl)cc1.NC1CCCCC1. The van der Waals surface area contributed by atoms with Crippen LogP contribution in [0.5, 0.6) is 0 Å². The fraction of sp³-hybridized carbons (Fsp3) is 0.429. The van der Waals surface area contributed by atoms with Gasteiger partial charge in [0, 0.05) is 11.6 Å². The molecule has 1 aliphatic carbocycles. The Morgan fingerprint density at radius 1 is 1.22 bits per heavy atom. The lowest BCUT2D eigenvalue weighted by Crippen LogP contribution is -2.22. The standard InChI is InChI=1S/C8H4ClNO.C6H13N/c9-8(11)7-3-1-6(5-10)2-4-7;7-6-4-2-1-3-5-6/h1-4H;6H,1-5,7H2. The molecule has 1 fully saturated rings. The van der Waals surface area contributed by atoms with E-state index < -0.39 is 5.24 Å². The Balaban J connectivity index is 0.000000199. The topological polar surface area (TPSA) is 66.9 Å². The van der Waals surface area contributed by atoms with Gasteiger partial charge in [-0.3, -0.25) is 4.79 Å². The number of carbonyl (C=O) groups is 1. The Labute approximate surface area is 113 Å². The van der Waals surface area contributed by atoms with E-state index in [0.29, 0.717) is 17.2 Å². The van der Waals surface area contributed by atoms with E-state index in [1.807, 2.05) is 6.07 Å². The van der Waals surface area contributed by atoms with Crippen molar-refractivity contribution in [1.29, 1.82) is 5.26 Å². The van der Waals surface area contributed by atoms with Crippen molar-refractivity contribution in [3.05, 3.63) is 35.4 Å². The molecule has 0 radical (unpaired) electrons. The van der Waals surface area contributed by atoms with Gasteiger partial charge in [-0.15, -0.1) is 0 Å². The number of rotatable bonds is 1. The Morgan fingerprint density at radius 3 is 2.11 bits per heavy atom. The zero-order valence-electron chi connectivity index (χ0n) is 10.2. The molecule has 1 aromatic carbocycles. The largest absolute Gasteiger partial charge is 0.328 e. The highest BCUT2D eigenvalue weighted by molar-refractivity contribution is 6.67. The third kappa shape index (κ3) is 5.31. The van der Waals surface area contributed by atoms with Crippen molar-refractivity contribution < 1.29 is 4.79 Å². The maximum Gasteiger partial charge on any atom is 0.252 e. The minimum atomic E-state index is -0.505. The summed E-state index contributed by atoms with van der Waals surface area (Å²) in [4.78, 5) is 10.5. The highest BCUT2D eigenvalue weighted by Crippen LogP contribution is 2.14. The van der Waals surface area contributed by atoms with Crippen molar-refractivity contribution in [2.24, 2.45) is 5.73 Å². The molecule has 0 aromatic heterocycles. The van der Waals surface area contributed by atoms with Crippen LogP contribution in [0.3, 0.4) is 0 Å². The van der Waals surface area contributed by atoms with Gasteiger partial charge in [0.15, 0.2) is 0 Å². The number of nitriles is 1. The molecule has 2 rings (SSSR count). The molecule has 18 heavy (non-hydrogen) atoms. The van der Waals surface area contributed by atoms with Crippen LogP contribution in [0.25, 0.3) is 0 Å². The van der Waals surface area contributed by atoms with Gasteiger partial charge in [-0.05, 0) is 48.7 Å². The van der Waals surface area contributed by atoms with Crippen LogP contribution >= 0.6 is 11.6 Å². The lowest BCUT2D eigenvalue weighted by Gasteiger charge is -2.15. The molecule has 0 saturated heterocycles. The van der Waals surface area contributed by atoms with Crippen molar-refractivity contribution in [1.82, 2.24) is 0 Å². The first kappa shape index (κ1) is 14.7. The number of halogens is 1. The van der Waals surface area contributed by atoms with E-state index in [1.54, 1.807) is 12.1 Å². The van der Waals surface area contributed by atoms with Gasteiger partial charge in [-0.1, -0.05) is 19.3 Å². The molecule has 2 N–H and O–H groups in total. The Morgan fingerprint density at radius 2 is 1.78 bits per heavy atom. The van der Waals surface area contributed by atoms with E-state index >= 15 is 0 Å². The lowest BCUT2D eigenvalue weighted by atomic mass is 9.97. The molecule has 0 bridgehead atoms. The molecule has 3 nitrogen and oxygen atoms in total. The number of hydrogen-bond acceptors (Lipinski definition) is 3. The number of hydrogen-bond donors (Lipinski definition) is 1. The quantitative estimate of drug-likeness (QED) is 0.792. The van der Waals surface area contributed by atoms with Crippen molar-refractivity contribution >= 4 is 16.8 Å². The molecule has 0 amide bonds. The molecule has 0 spiro atoms. The second-order valence-corrected chi connectivity index (χ2v) is 4.70. The minimum Gasteiger partial charge on any atom is -0.328 e. The van der Waals surface area contributed by atoms with Gasteiger partial charge in [0.05, 0.1) is 11.6 Å². The molecule has 0 atom stereocenters. The van der Waals surface area contributed by atoms with Crippen molar-refractivity contribution in [2.75, 3.05) is 0 Å². The fourth-order valence-corrected chi connectivity index (χ4v) is 1.94. The lowest BCUT2D eigenvalue weighted by molar-refractivity contribution is 0.108. The summed E-state index contributed by atoms with van der Waals surface area (Å²) in [6, 6.07) is 8.62. The van der Waals surface area contributed by atoms with E-state index in [4.69, 9.17) is 22.6 Å². The monoisotopic (exact) mass is 264 g/mol. The zero-order valence-corrected chi connectivity index (χ0v) is 11.0. The van der Waals surface area contributed by atoms with Gasteiger partial charge in [-0.2, -0.15) is 5.26 Å². The fourth-order valence-electron chi connectivity index (χ4n) is 1.81. The van der Waals surface area contributed by atoms with Gasteiger partial charge in [0.2, 0.25) is 0 Å². The number of benzene rings is 1. The number of nitrogens with two attached hydrogens (primary N) is 1. The predicted molar refractivity (Wildman–Crippen MR) is 72.4 cm³/mol. The van der Waals surface area contributed by atoms with Gasteiger partial charge in [0.25, 0.3) is 5.24 Å². The molecule has 1 saturated carbocycles. The third-order valence-corrected chi connectivity index (χ3v) is 3.11. The smallest absolute Gasteiger partial charge is 0.252 e. The van der Waals surface area contributed by atoms with Gasteiger partial charge < -0.3 is 5.73 Å². The summed E-state index contributed by atoms with van der Waals surface area (Å²) in [5.41, 5.74) is 6.56. The summed E-state index contributed by atoms with van der Waals surface area (Å²) in [5, 5.41) is 7.89. The first-order valence-corrected chi connectivity index (χ1v) is 6.47. The maximum absolute atomic E-state index is 10.5. The van der Waals surface area contributed by atoms with Crippen LogP contribution in [-0.4, -0.2) is 11.3 Å². The van der Waals surface area contributed by atoms with Crippen LogP contribution in [0.1, 0.15) is 48.0 Å². The van der Waals surface area contributed by atoms with Crippen LogP contribution < -0.4 is 5.73 Å². The molecular weight excluding hydrogens is 248 g/mol. The maximum atomic E-state index is 10.5. The van der Waals surface area contributed by atoms with Crippen LogP contribution in [0.2, 0.25) is 0 Å². The van der Waals surface area contributed by atoms with E-state index in [0.717, 1.165) is 0 Å². The van der Waals surface area contributed by atoms with Crippen molar-refractivity contribution in [3.8, 4) is 6.07 Å². The van der Waals surface area contributed by atoms with Gasteiger partial charge in [-0.25, -0.2) is 0 Å². The van der Waals surface area contributed by atoms with Crippen LogP contribution in [0.15, 0.2) is 24.3 Å². The van der Waals surface area contributed by atoms with Crippen LogP contribution in [-0.2, 0) is 0 Å². The van der Waals surface area contributed by atoms with Crippen molar-refractivity contribution in [2.45, 2.75) is 38.1 Å². The first-order valence-electron chi connectivity index (χ1n) is 6.09. The second kappa shape index (κ2) is 7.86. The average molecular weight is 265 g/mol. The van der Waals surface area contributed by atoms with E-state index in [1.165, 1.54) is 44.2 Å². The van der Waals surface area contributed by atoms with Crippen LogP contribution in [0.4, 0.5) is 0 Å². The highest BCUT2D eigenvalue weighted by Gasteiger charge is 2.06. The summed E-state index contributed by atoms with van der Waals surface area (Å²) < 4.78 is 0. The first-order chi connectivity index (χ1) is 8.63. The molecule has 4 heteroatoms. The Hall–Kier alpha value is -1.37. The molecule has 96 valence electrons. The van der Waals surface area contributed by atoms with E-state index in [-0.39, 0.29) is 0 Å². The minimum absolute atomic E-state index is 0.408. The number of nitrogens with zero attached hydrogens (tertiary/aromatic N) is 1. The van der Waals surface area contributed by atoms with Gasteiger partial charge >= 0.3 is 0 Å². The average Bonchev–Trinajstić information content (AvgIpc) is 2.40. The normalized spacial score (nSPS) is 15.2. The number of carbonyl (C=O) groups excluding carboxylic acids is 1. The van der Waals surface area contributed by atoms with E-state index in [2.05, 4.69) is 0 Å². The second-order valence-electron chi connectivity index (χ2n) is 4.36. The molecular formula is C14H17ClN2O. The summed E-state index contributed by atoms with van der Waals surface area (Å²) >= 11 is 5.18. The third-order valence-electron chi connectivity index (χ3n) is 2.89. The molecule has 0 aliphatic heterocycles. The van der Waals surface area contributed by atoms with Crippen molar-refractivity contribution in [3.63, 3.8) is 0 Å². The summed E-state index contributed by atoms with van der Waals surface area (Å²) in [7, 11) is 0. The molecule has 1 aliphatic rings. The predicted octanol–water partition coefficient (Wildman–Crippen LogP) is 3.22. The highest BCUT2D eigenvalue weighted by atomic mass is 35.5. The molecule has 1 aromatic rings. The zero-order chi connectivity index (χ0) is 13.4. The van der Waals surface area contributed by atoms with Gasteiger partial charge in [0.1, 0.15) is 0 Å². The van der Waals surface area contributed by atoms with Crippen LogP contribution in [0, 0.1) is 11.3 Å². The Bertz CT molecular complexity index is 416. The summed E-state index contributed by atoms with van der Waals surface area (Å²) in [6.07, 6.45) is 6.66. The summed E-state index contributed by atoms with van der Waals surface area (Å²) in [6.45, 7) is 0.